The summed E-state index contributed by atoms with van der Waals surface area (Å²) >= 11 is 3.37. The predicted molar refractivity (Wildman–Crippen MR) is 79.6 cm³/mol. The Bertz CT molecular complexity index is 572. The number of imidazole rings is 1. The molecular weight excluding hydrogens is 304 g/mol. The highest BCUT2D eigenvalue weighted by molar-refractivity contribution is 9.10. The minimum Gasteiger partial charge on any atom is -0.339 e. The third-order valence-corrected chi connectivity index (χ3v) is 4.66. The Morgan fingerprint density at radius 3 is 2.74 bits per heavy atom. The molecule has 5 heteroatoms. The van der Waals surface area contributed by atoms with Crippen LogP contribution in [0.5, 0.6) is 0 Å². The van der Waals surface area contributed by atoms with Crippen molar-refractivity contribution in [2.75, 3.05) is 0 Å². The molecule has 0 saturated heterocycles. The van der Waals surface area contributed by atoms with E-state index in [-0.39, 0.29) is 6.04 Å². The number of rotatable bonds is 2. The van der Waals surface area contributed by atoms with Crippen LogP contribution in [-0.2, 0) is 0 Å². The molecule has 0 bridgehead atoms. The molecule has 0 aliphatic heterocycles. The third-order valence-electron chi connectivity index (χ3n) is 4.21. The molecule has 3 N–H and O–H groups in total. The van der Waals surface area contributed by atoms with Crippen LogP contribution in [0.1, 0.15) is 44.5 Å². The van der Waals surface area contributed by atoms with Gasteiger partial charge >= 0.3 is 0 Å². The van der Waals surface area contributed by atoms with Gasteiger partial charge in [0.1, 0.15) is 10.4 Å². The highest BCUT2D eigenvalue weighted by atomic mass is 79.9. The summed E-state index contributed by atoms with van der Waals surface area (Å²) in [4.78, 5) is 12.2. The highest BCUT2D eigenvalue weighted by Crippen LogP contribution is 2.35. The summed E-state index contributed by atoms with van der Waals surface area (Å²) in [7, 11) is 0. The maximum absolute atomic E-state index is 6.38. The zero-order chi connectivity index (χ0) is 13.4. The lowest BCUT2D eigenvalue weighted by molar-refractivity contribution is 0.252. The molecule has 4 nitrogen and oxygen atoms in total. The van der Waals surface area contributed by atoms with Gasteiger partial charge in [0.15, 0.2) is 5.65 Å². The van der Waals surface area contributed by atoms with Gasteiger partial charge in [0.2, 0.25) is 0 Å². The lowest BCUT2D eigenvalue weighted by Crippen LogP contribution is -2.26. The van der Waals surface area contributed by atoms with E-state index in [1.165, 1.54) is 25.7 Å². The van der Waals surface area contributed by atoms with Gasteiger partial charge in [0.05, 0.1) is 11.6 Å². The predicted octanol–water partition coefficient (Wildman–Crippen LogP) is 3.55. The van der Waals surface area contributed by atoms with E-state index in [4.69, 9.17) is 5.73 Å². The number of hydrogen-bond acceptors (Lipinski definition) is 3. The Hall–Kier alpha value is -0.940. The summed E-state index contributed by atoms with van der Waals surface area (Å²) in [5.41, 5.74) is 8.08. The summed E-state index contributed by atoms with van der Waals surface area (Å²) in [5, 5.41) is 0. The minimum absolute atomic E-state index is 0.000440. The average molecular weight is 323 g/mol. The monoisotopic (exact) mass is 322 g/mol. The van der Waals surface area contributed by atoms with E-state index in [2.05, 4.69) is 37.8 Å². The zero-order valence-corrected chi connectivity index (χ0v) is 12.7. The second-order valence-corrected chi connectivity index (χ2v) is 6.49. The van der Waals surface area contributed by atoms with E-state index in [1.54, 1.807) is 0 Å². The Morgan fingerprint density at radius 2 is 2.00 bits per heavy atom. The average Bonchev–Trinajstić information content (AvgIpc) is 2.81. The Labute approximate surface area is 121 Å². The fourth-order valence-electron chi connectivity index (χ4n) is 2.91. The number of fused-ring (bicyclic) bond motifs is 1. The molecule has 1 fully saturated rings. The molecular formula is C14H19BrN4. The number of halogens is 1. The van der Waals surface area contributed by atoms with E-state index in [9.17, 15) is 0 Å². The third kappa shape index (κ3) is 2.67. The van der Waals surface area contributed by atoms with Crippen molar-refractivity contribution in [1.82, 2.24) is 15.0 Å². The van der Waals surface area contributed by atoms with Crippen molar-refractivity contribution in [3.63, 3.8) is 0 Å². The van der Waals surface area contributed by atoms with Crippen LogP contribution in [0.4, 0.5) is 0 Å². The lowest BCUT2D eigenvalue weighted by Gasteiger charge is -2.29. The summed E-state index contributed by atoms with van der Waals surface area (Å²) in [6.07, 6.45) is 4.97. The molecule has 0 spiro atoms. The summed E-state index contributed by atoms with van der Waals surface area (Å²) < 4.78 is 0.804. The van der Waals surface area contributed by atoms with Crippen LogP contribution in [0.15, 0.2) is 16.7 Å². The van der Waals surface area contributed by atoms with Gasteiger partial charge in [-0.1, -0.05) is 19.8 Å². The summed E-state index contributed by atoms with van der Waals surface area (Å²) in [6.45, 7) is 2.32. The fourth-order valence-corrected chi connectivity index (χ4v) is 3.21. The van der Waals surface area contributed by atoms with Gasteiger partial charge in [-0.2, -0.15) is 0 Å². The molecule has 0 amide bonds. The highest BCUT2D eigenvalue weighted by Gasteiger charge is 2.26. The minimum atomic E-state index is 0.000440. The quantitative estimate of drug-likeness (QED) is 0.831. The number of pyridine rings is 1. The number of nitrogens with zero attached hydrogens (tertiary/aromatic N) is 2. The van der Waals surface area contributed by atoms with Crippen LogP contribution >= 0.6 is 15.9 Å². The van der Waals surface area contributed by atoms with Gasteiger partial charge in [-0.15, -0.1) is 0 Å². The lowest BCUT2D eigenvalue weighted by atomic mass is 9.79. The summed E-state index contributed by atoms with van der Waals surface area (Å²) in [5.74, 6) is 2.26. The Balaban J connectivity index is 1.83. The van der Waals surface area contributed by atoms with Crippen LogP contribution in [0.3, 0.4) is 0 Å². The number of nitrogens with one attached hydrogen (secondary N) is 1. The van der Waals surface area contributed by atoms with Gasteiger partial charge in [0, 0.05) is 0 Å². The van der Waals surface area contributed by atoms with Gasteiger partial charge in [0.25, 0.3) is 0 Å². The van der Waals surface area contributed by atoms with Crippen molar-refractivity contribution in [2.45, 2.75) is 38.6 Å². The van der Waals surface area contributed by atoms with Gasteiger partial charge in [-0.05, 0) is 52.7 Å². The van der Waals surface area contributed by atoms with Crippen LogP contribution in [0, 0.1) is 11.8 Å². The first-order valence-corrected chi connectivity index (χ1v) is 7.70. The van der Waals surface area contributed by atoms with E-state index < -0.39 is 0 Å². The largest absolute Gasteiger partial charge is 0.339 e. The number of hydrogen-bond donors (Lipinski definition) is 2. The van der Waals surface area contributed by atoms with Crippen LogP contribution in [0.2, 0.25) is 0 Å². The second kappa shape index (κ2) is 5.21. The smallest absolute Gasteiger partial charge is 0.178 e. The van der Waals surface area contributed by atoms with Crippen LogP contribution in [0.25, 0.3) is 11.2 Å². The van der Waals surface area contributed by atoms with E-state index in [0.29, 0.717) is 5.92 Å². The molecule has 102 valence electrons. The van der Waals surface area contributed by atoms with Crippen molar-refractivity contribution in [3.8, 4) is 0 Å². The number of aromatic amines is 1. The van der Waals surface area contributed by atoms with Crippen molar-refractivity contribution < 1.29 is 0 Å². The maximum atomic E-state index is 6.38. The van der Waals surface area contributed by atoms with Crippen molar-refractivity contribution in [3.05, 3.63) is 22.6 Å². The van der Waals surface area contributed by atoms with Crippen LogP contribution in [-0.4, -0.2) is 15.0 Å². The Kier molecular flexibility index (Phi) is 3.58. The molecule has 1 unspecified atom stereocenters. The molecule has 1 atom stereocenters. The maximum Gasteiger partial charge on any atom is 0.178 e. The molecule has 19 heavy (non-hydrogen) atoms. The second-order valence-electron chi connectivity index (χ2n) is 5.67. The number of aromatic nitrogens is 3. The molecule has 3 rings (SSSR count). The van der Waals surface area contributed by atoms with Crippen molar-refractivity contribution in [2.24, 2.45) is 17.6 Å². The zero-order valence-electron chi connectivity index (χ0n) is 11.1. The molecule has 2 aromatic rings. The first kappa shape index (κ1) is 13.1. The van der Waals surface area contributed by atoms with Crippen molar-refractivity contribution >= 4 is 27.1 Å². The molecule has 1 aliphatic carbocycles. The standard InChI is InChI=1S/C14H19BrN4/c1-8-2-4-9(5-3-8)12(16)14-17-10-6-7-11(15)18-13(10)19-14/h6-9,12H,2-5,16H2,1H3,(H,17,18,19). The molecule has 1 aliphatic rings. The molecule has 0 radical (unpaired) electrons. The fraction of sp³-hybridized carbons (Fsp3) is 0.571. The van der Waals surface area contributed by atoms with E-state index in [1.807, 2.05) is 12.1 Å². The van der Waals surface area contributed by atoms with E-state index in [0.717, 1.165) is 27.5 Å². The normalized spacial score (nSPS) is 25.6. The Morgan fingerprint density at radius 1 is 1.26 bits per heavy atom. The van der Waals surface area contributed by atoms with Gasteiger partial charge in [-0.25, -0.2) is 9.97 Å². The SMILES string of the molecule is CC1CCC(C(N)c2nc3nc(Br)ccc3[nH]2)CC1. The topological polar surface area (TPSA) is 67.6 Å². The molecule has 2 heterocycles. The van der Waals surface area contributed by atoms with Crippen LogP contribution < -0.4 is 5.73 Å². The first-order chi connectivity index (χ1) is 9.13. The van der Waals surface area contributed by atoms with Gasteiger partial charge in [-0.3, -0.25) is 0 Å². The number of nitrogens with two attached hydrogens (primary N) is 1. The number of H-pyrrole nitrogens is 1. The summed E-state index contributed by atoms with van der Waals surface area (Å²) in [6, 6.07) is 3.90. The van der Waals surface area contributed by atoms with Gasteiger partial charge < -0.3 is 10.7 Å². The van der Waals surface area contributed by atoms with E-state index >= 15 is 0 Å². The molecule has 0 aromatic carbocycles. The first-order valence-electron chi connectivity index (χ1n) is 6.91. The molecule has 1 saturated carbocycles. The van der Waals surface area contributed by atoms with Crippen molar-refractivity contribution in [1.29, 1.82) is 0 Å². The molecule has 2 aromatic heterocycles.